The third-order valence-electron chi connectivity index (χ3n) is 4.03. The van der Waals surface area contributed by atoms with Crippen LogP contribution >= 0.6 is 0 Å². The number of aliphatic hydroxyl groups is 1. The minimum atomic E-state index is 0.0767. The molecule has 0 bridgehead atoms. The molecule has 2 heteroatoms. The Morgan fingerprint density at radius 2 is 2.12 bits per heavy atom. The van der Waals surface area contributed by atoms with Crippen LogP contribution in [0.3, 0.4) is 0 Å². The second-order valence-corrected chi connectivity index (χ2v) is 5.75. The highest BCUT2D eigenvalue weighted by molar-refractivity contribution is 5.31. The molecule has 2 rings (SSSR count). The Kier molecular flexibility index (Phi) is 3.55. The molecule has 1 N–H and O–H groups in total. The van der Waals surface area contributed by atoms with E-state index in [9.17, 15) is 5.11 Å². The van der Waals surface area contributed by atoms with Crippen LogP contribution in [0.15, 0.2) is 18.2 Å². The summed E-state index contributed by atoms with van der Waals surface area (Å²) in [6, 6.07) is 6.62. The van der Waals surface area contributed by atoms with E-state index in [1.165, 1.54) is 16.7 Å². The Morgan fingerprint density at radius 1 is 1.35 bits per heavy atom. The first kappa shape index (κ1) is 12.6. The maximum absolute atomic E-state index is 9.73. The largest absolute Gasteiger partial charge is 0.396 e. The van der Waals surface area contributed by atoms with Gasteiger partial charge in [0.2, 0.25) is 0 Å². The zero-order valence-electron chi connectivity index (χ0n) is 11.2. The van der Waals surface area contributed by atoms with Crippen molar-refractivity contribution in [2.75, 3.05) is 26.7 Å². The van der Waals surface area contributed by atoms with Gasteiger partial charge in [0.05, 0.1) is 6.61 Å². The van der Waals surface area contributed by atoms with Crippen LogP contribution in [0.2, 0.25) is 0 Å². The van der Waals surface area contributed by atoms with Gasteiger partial charge in [-0.3, -0.25) is 0 Å². The molecule has 0 saturated carbocycles. The predicted molar refractivity (Wildman–Crippen MR) is 71.3 cm³/mol. The predicted octanol–water partition coefficient (Wildman–Crippen LogP) is 2.16. The van der Waals surface area contributed by atoms with E-state index in [0.29, 0.717) is 6.61 Å². The van der Waals surface area contributed by atoms with Crippen molar-refractivity contribution in [1.29, 1.82) is 0 Å². The Balaban J connectivity index is 2.21. The second-order valence-electron chi connectivity index (χ2n) is 5.75. The molecule has 0 aromatic heterocycles. The van der Waals surface area contributed by atoms with E-state index >= 15 is 0 Å². The highest BCUT2D eigenvalue weighted by Gasteiger charge is 2.36. The summed E-state index contributed by atoms with van der Waals surface area (Å²) in [5.74, 6) is 0. The van der Waals surface area contributed by atoms with E-state index in [0.717, 1.165) is 25.9 Å². The van der Waals surface area contributed by atoms with Gasteiger partial charge in [-0.15, -0.1) is 0 Å². The van der Waals surface area contributed by atoms with Crippen molar-refractivity contribution < 1.29 is 5.11 Å². The summed E-state index contributed by atoms with van der Waals surface area (Å²) < 4.78 is 0. The van der Waals surface area contributed by atoms with Crippen LogP contribution in [0.25, 0.3) is 0 Å². The van der Waals surface area contributed by atoms with Gasteiger partial charge in [-0.1, -0.05) is 23.8 Å². The zero-order chi connectivity index (χ0) is 12.5. The van der Waals surface area contributed by atoms with Gasteiger partial charge in [0.1, 0.15) is 0 Å². The Morgan fingerprint density at radius 3 is 2.71 bits per heavy atom. The Labute approximate surface area is 104 Å². The minimum Gasteiger partial charge on any atom is -0.396 e. The Hall–Kier alpha value is -0.860. The standard InChI is InChI=1S/C15H23NO/c1-12-4-5-13(2)14(8-12)9-15(11-17)6-7-16(3)10-15/h4-5,8,17H,6-7,9-11H2,1-3H3. The molecule has 1 unspecified atom stereocenters. The third kappa shape index (κ3) is 2.70. The summed E-state index contributed by atoms with van der Waals surface area (Å²) in [5, 5.41) is 9.73. The highest BCUT2D eigenvalue weighted by atomic mass is 16.3. The quantitative estimate of drug-likeness (QED) is 0.865. The lowest BCUT2D eigenvalue weighted by atomic mass is 9.80. The third-order valence-corrected chi connectivity index (χ3v) is 4.03. The van der Waals surface area contributed by atoms with Crippen molar-refractivity contribution in [3.63, 3.8) is 0 Å². The van der Waals surface area contributed by atoms with E-state index in [1.54, 1.807) is 0 Å². The van der Waals surface area contributed by atoms with Crippen molar-refractivity contribution in [1.82, 2.24) is 4.90 Å². The summed E-state index contributed by atoms with van der Waals surface area (Å²) in [7, 11) is 2.14. The molecule has 1 aliphatic rings. The average Bonchev–Trinajstić information content (AvgIpc) is 2.66. The lowest BCUT2D eigenvalue weighted by Gasteiger charge is -2.27. The van der Waals surface area contributed by atoms with Gasteiger partial charge in [0.25, 0.3) is 0 Å². The number of hydrogen-bond donors (Lipinski definition) is 1. The summed E-state index contributed by atoms with van der Waals surface area (Å²) in [5.41, 5.74) is 4.13. The molecule has 1 aliphatic heterocycles. The van der Waals surface area contributed by atoms with Gasteiger partial charge in [0.15, 0.2) is 0 Å². The molecular weight excluding hydrogens is 210 g/mol. The van der Waals surface area contributed by atoms with Gasteiger partial charge in [-0.05, 0) is 51.4 Å². The normalized spacial score (nSPS) is 25.4. The molecule has 0 spiro atoms. The lowest BCUT2D eigenvalue weighted by Crippen LogP contribution is -2.31. The molecule has 1 fully saturated rings. The summed E-state index contributed by atoms with van der Waals surface area (Å²) in [6.07, 6.45) is 2.11. The number of nitrogens with zero attached hydrogens (tertiary/aromatic N) is 1. The van der Waals surface area contributed by atoms with E-state index in [2.05, 4.69) is 44.0 Å². The fraction of sp³-hybridized carbons (Fsp3) is 0.600. The van der Waals surface area contributed by atoms with Crippen LogP contribution < -0.4 is 0 Å². The highest BCUT2D eigenvalue weighted by Crippen LogP contribution is 2.34. The number of hydrogen-bond acceptors (Lipinski definition) is 2. The molecule has 1 heterocycles. The molecular formula is C15H23NO. The van der Waals surface area contributed by atoms with E-state index in [1.807, 2.05) is 0 Å². The average molecular weight is 233 g/mol. The first-order chi connectivity index (χ1) is 8.04. The number of aliphatic hydroxyl groups excluding tert-OH is 1. The van der Waals surface area contributed by atoms with Crippen LogP contribution in [-0.2, 0) is 6.42 Å². The fourth-order valence-electron chi connectivity index (χ4n) is 2.88. The number of aryl methyl sites for hydroxylation is 2. The van der Waals surface area contributed by atoms with Crippen LogP contribution in [0.1, 0.15) is 23.1 Å². The first-order valence-electron chi connectivity index (χ1n) is 6.40. The molecule has 0 aliphatic carbocycles. The monoisotopic (exact) mass is 233 g/mol. The lowest BCUT2D eigenvalue weighted by molar-refractivity contribution is 0.132. The molecule has 1 aromatic rings. The maximum atomic E-state index is 9.73. The molecule has 94 valence electrons. The molecule has 1 aromatic carbocycles. The van der Waals surface area contributed by atoms with Crippen molar-refractivity contribution in [3.05, 3.63) is 34.9 Å². The van der Waals surface area contributed by atoms with Crippen molar-refractivity contribution >= 4 is 0 Å². The topological polar surface area (TPSA) is 23.5 Å². The summed E-state index contributed by atoms with van der Waals surface area (Å²) in [6.45, 7) is 6.71. The maximum Gasteiger partial charge on any atom is 0.0503 e. The number of likely N-dealkylation sites (tertiary alicyclic amines) is 1. The van der Waals surface area contributed by atoms with Crippen molar-refractivity contribution in [3.8, 4) is 0 Å². The molecule has 0 radical (unpaired) electrons. The fourth-order valence-corrected chi connectivity index (χ4v) is 2.88. The van der Waals surface area contributed by atoms with Gasteiger partial charge in [-0.2, -0.15) is 0 Å². The Bertz CT molecular complexity index is 402. The van der Waals surface area contributed by atoms with Crippen LogP contribution in [-0.4, -0.2) is 36.8 Å². The first-order valence-corrected chi connectivity index (χ1v) is 6.40. The number of benzene rings is 1. The molecule has 0 amide bonds. The van der Waals surface area contributed by atoms with E-state index < -0.39 is 0 Å². The summed E-state index contributed by atoms with van der Waals surface area (Å²) >= 11 is 0. The molecule has 1 saturated heterocycles. The molecule has 1 atom stereocenters. The van der Waals surface area contributed by atoms with Gasteiger partial charge in [0, 0.05) is 12.0 Å². The minimum absolute atomic E-state index is 0.0767. The molecule has 2 nitrogen and oxygen atoms in total. The molecule has 17 heavy (non-hydrogen) atoms. The van der Waals surface area contributed by atoms with Crippen molar-refractivity contribution in [2.24, 2.45) is 5.41 Å². The SMILES string of the molecule is Cc1ccc(C)c(CC2(CO)CCN(C)C2)c1. The van der Waals surface area contributed by atoms with Crippen LogP contribution in [0, 0.1) is 19.3 Å². The number of rotatable bonds is 3. The summed E-state index contributed by atoms with van der Waals surface area (Å²) in [4.78, 5) is 2.32. The van der Waals surface area contributed by atoms with Gasteiger partial charge < -0.3 is 10.0 Å². The second kappa shape index (κ2) is 4.79. The van der Waals surface area contributed by atoms with Gasteiger partial charge in [-0.25, -0.2) is 0 Å². The smallest absolute Gasteiger partial charge is 0.0503 e. The van der Waals surface area contributed by atoms with E-state index in [4.69, 9.17) is 0 Å². The van der Waals surface area contributed by atoms with Crippen molar-refractivity contribution in [2.45, 2.75) is 26.7 Å². The zero-order valence-corrected chi connectivity index (χ0v) is 11.2. The van der Waals surface area contributed by atoms with Crippen LogP contribution in [0.5, 0.6) is 0 Å². The van der Waals surface area contributed by atoms with E-state index in [-0.39, 0.29) is 5.41 Å². The van der Waals surface area contributed by atoms with Crippen LogP contribution in [0.4, 0.5) is 0 Å². The van der Waals surface area contributed by atoms with Gasteiger partial charge >= 0.3 is 0 Å².